The third-order valence-corrected chi connectivity index (χ3v) is 4.07. The maximum absolute atomic E-state index is 12.2. The molecule has 0 spiro atoms. The number of rotatable bonds is 1. The highest BCUT2D eigenvalue weighted by molar-refractivity contribution is 5.75. The minimum absolute atomic E-state index is 0.110. The molecule has 6 nitrogen and oxygen atoms in total. The van der Waals surface area contributed by atoms with Gasteiger partial charge in [-0.25, -0.2) is 4.79 Å². The highest BCUT2D eigenvalue weighted by Gasteiger charge is 2.65. The van der Waals surface area contributed by atoms with Gasteiger partial charge in [0.15, 0.2) is 0 Å². The lowest BCUT2D eigenvalue weighted by molar-refractivity contribution is -0.148. The number of epoxide rings is 1. The van der Waals surface area contributed by atoms with Crippen molar-refractivity contribution in [2.75, 3.05) is 6.54 Å². The normalized spacial score (nSPS) is 39.7. The van der Waals surface area contributed by atoms with Gasteiger partial charge >= 0.3 is 12.1 Å². The van der Waals surface area contributed by atoms with Gasteiger partial charge in [0.2, 0.25) is 0 Å². The fraction of sp³-hybridized carbons (Fsp3) is 0.846. The maximum Gasteiger partial charge on any atom is 0.410 e. The van der Waals surface area contributed by atoms with Crippen LogP contribution in [0.5, 0.6) is 0 Å². The second kappa shape index (κ2) is 3.85. The van der Waals surface area contributed by atoms with Crippen LogP contribution in [0, 0.1) is 11.8 Å². The van der Waals surface area contributed by atoms with E-state index in [-0.39, 0.29) is 24.2 Å². The standard InChI is InChI=1S/C13H19NO5/c1-13(2,3)19-12(17)14-5-6-4-7(11(15)16)8(14)10-9(6)18-10/h6-10H,4-5H2,1-3H3,(H,15,16). The van der Waals surface area contributed by atoms with Crippen LogP contribution in [-0.4, -0.2) is 52.5 Å². The molecule has 5 atom stereocenters. The van der Waals surface area contributed by atoms with Crippen LogP contribution in [0.15, 0.2) is 0 Å². The minimum atomic E-state index is -0.850. The van der Waals surface area contributed by atoms with Crippen LogP contribution in [0.2, 0.25) is 0 Å². The number of carboxylic acid groups (broad SMARTS) is 1. The first-order valence-corrected chi connectivity index (χ1v) is 6.66. The van der Waals surface area contributed by atoms with Crippen LogP contribution in [0.3, 0.4) is 0 Å². The lowest BCUT2D eigenvalue weighted by Gasteiger charge is -2.45. The molecule has 4 aliphatic rings. The van der Waals surface area contributed by atoms with Crippen LogP contribution in [0.1, 0.15) is 27.2 Å². The summed E-state index contributed by atoms with van der Waals surface area (Å²) < 4.78 is 10.9. The topological polar surface area (TPSA) is 79.4 Å². The smallest absolute Gasteiger partial charge is 0.410 e. The van der Waals surface area contributed by atoms with Gasteiger partial charge in [0.05, 0.1) is 18.1 Å². The van der Waals surface area contributed by atoms with Gasteiger partial charge in [0.1, 0.15) is 11.7 Å². The summed E-state index contributed by atoms with van der Waals surface area (Å²) in [5.74, 6) is -1.25. The molecule has 0 aromatic rings. The first-order valence-electron chi connectivity index (χ1n) is 6.66. The van der Waals surface area contributed by atoms with E-state index in [0.717, 1.165) is 0 Å². The molecule has 1 aliphatic carbocycles. The summed E-state index contributed by atoms with van der Waals surface area (Å²) in [7, 11) is 0. The number of hydrogen-bond acceptors (Lipinski definition) is 4. The van der Waals surface area contributed by atoms with Crippen LogP contribution in [-0.2, 0) is 14.3 Å². The molecule has 4 fully saturated rings. The number of aliphatic carboxylic acids is 1. The van der Waals surface area contributed by atoms with Crippen LogP contribution < -0.4 is 0 Å². The summed E-state index contributed by atoms with van der Waals surface area (Å²) in [4.78, 5) is 25.1. The molecule has 3 heterocycles. The molecule has 0 aromatic carbocycles. The van der Waals surface area contributed by atoms with Crippen molar-refractivity contribution in [3.05, 3.63) is 0 Å². The van der Waals surface area contributed by atoms with Crippen molar-refractivity contribution in [3.63, 3.8) is 0 Å². The predicted octanol–water partition coefficient (Wildman–Crippen LogP) is 1.09. The third-order valence-electron chi connectivity index (χ3n) is 4.07. The molecule has 5 unspecified atom stereocenters. The third kappa shape index (κ3) is 2.08. The molecular formula is C13H19NO5. The largest absolute Gasteiger partial charge is 0.481 e. The fourth-order valence-corrected chi connectivity index (χ4v) is 3.33. The highest BCUT2D eigenvalue weighted by Crippen LogP contribution is 2.50. The minimum Gasteiger partial charge on any atom is -0.481 e. The van der Waals surface area contributed by atoms with E-state index in [9.17, 15) is 14.7 Å². The molecule has 0 aromatic heterocycles. The van der Waals surface area contributed by atoms with Gasteiger partial charge in [-0.05, 0) is 27.2 Å². The van der Waals surface area contributed by atoms with E-state index in [2.05, 4.69) is 0 Å². The molecule has 0 radical (unpaired) electrons. The van der Waals surface area contributed by atoms with E-state index in [1.165, 1.54) is 0 Å². The molecular weight excluding hydrogens is 250 g/mol. The number of carboxylic acids is 1. The lowest BCUT2D eigenvalue weighted by atomic mass is 9.73. The van der Waals surface area contributed by atoms with Crippen molar-refractivity contribution < 1.29 is 24.2 Å². The van der Waals surface area contributed by atoms with Crippen molar-refractivity contribution in [2.24, 2.45) is 11.8 Å². The van der Waals surface area contributed by atoms with Gasteiger partial charge in [0, 0.05) is 12.5 Å². The van der Waals surface area contributed by atoms with E-state index in [0.29, 0.717) is 13.0 Å². The maximum atomic E-state index is 12.2. The molecule has 1 N–H and O–H groups in total. The Morgan fingerprint density at radius 1 is 1.32 bits per heavy atom. The first kappa shape index (κ1) is 12.7. The zero-order valence-electron chi connectivity index (χ0n) is 11.3. The van der Waals surface area contributed by atoms with Gasteiger partial charge < -0.3 is 19.5 Å². The number of piperidine rings is 2. The van der Waals surface area contributed by atoms with E-state index < -0.39 is 23.6 Å². The Hall–Kier alpha value is -1.30. The van der Waals surface area contributed by atoms with Crippen molar-refractivity contribution in [3.8, 4) is 0 Å². The number of ether oxygens (including phenoxy) is 2. The SMILES string of the molecule is CC(C)(C)OC(=O)N1CC2CC(C(=O)O)C1C1OC21. The van der Waals surface area contributed by atoms with Crippen molar-refractivity contribution in [2.45, 2.75) is 51.0 Å². The van der Waals surface area contributed by atoms with Gasteiger partial charge in [0.25, 0.3) is 0 Å². The predicted molar refractivity (Wildman–Crippen MR) is 64.6 cm³/mol. The Bertz CT molecular complexity index is 429. The Morgan fingerprint density at radius 3 is 2.53 bits per heavy atom. The van der Waals surface area contributed by atoms with Crippen LogP contribution in [0.25, 0.3) is 0 Å². The Balaban J connectivity index is 1.79. The van der Waals surface area contributed by atoms with Gasteiger partial charge in [-0.3, -0.25) is 4.79 Å². The molecule has 4 rings (SSSR count). The summed E-state index contributed by atoms with van der Waals surface area (Å²) in [5.41, 5.74) is -0.573. The molecule has 3 saturated heterocycles. The van der Waals surface area contributed by atoms with Gasteiger partial charge in [-0.2, -0.15) is 0 Å². The summed E-state index contributed by atoms with van der Waals surface area (Å²) in [6.45, 7) is 5.96. The molecule has 1 amide bonds. The zero-order valence-corrected chi connectivity index (χ0v) is 11.3. The number of nitrogens with zero attached hydrogens (tertiary/aromatic N) is 1. The summed E-state index contributed by atoms with van der Waals surface area (Å²) in [6.07, 6.45) is 0.211. The Labute approximate surface area is 111 Å². The average molecular weight is 269 g/mol. The fourth-order valence-electron chi connectivity index (χ4n) is 3.33. The van der Waals surface area contributed by atoms with E-state index in [4.69, 9.17) is 9.47 Å². The monoisotopic (exact) mass is 269 g/mol. The molecule has 19 heavy (non-hydrogen) atoms. The summed E-state index contributed by atoms with van der Waals surface area (Å²) in [5, 5.41) is 9.29. The zero-order chi connectivity index (χ0) is 13.9. The second-order valence-electron chi connectivity index (χ2n) is 6.63. The van der Waals surface area contributed by atoms with Crippen LogP contribution >= 0.6 is 0 Å². The molecule has 106 valence electrons. The van der Waals surface area contributed by atoms with Gasteiger partial charge in [-0.15, -0.1) is 0 Å². The highest BCUT2D eigenvalue weighted by atomic mass is 16.6. The van der Waals surface area contributed by atoms with Crippen molar-refractivity contribution in [1.82, 2.24) is 4.90 Å². The lowest BCUT2D eigenvalue weighted by Crippen LogP contribution is -2.61. The summed E-state index contributed by atoms with van der Waals surface area (Å²) >= 11 is 0. The van der Waals surface area contributed by atoms with Crippen LogP contribution in [0.4, 0.5) is 4.79 Å². The van der Waals surface area contributed by atoms with E-state index >= 15 is 0 Å². The molecule has 1 saturated carbocycles. The Kier molecular flexibility index (Phi) is 2.58. The van der Waals surface area contributed by atoms with Crippen molar-refractivity contribution >= 4 is 12.1 Å². The number of fused-ring (bicyclic) bond motifs is 2. The van der Waals surface area contributed by atoms with Crippen molar-refractivity contribution in [1.29, 1.82) is 0 Å². The molecule has 6 heteroatoms. The molecule has 2 bridgehead atoms. The number of carbonyl (C=O) groups is 2. The summed E-state index contributed by atoms with van der Waals surface area (Å²) in [6, 6.07) is -0.373. The number of amides is 1. The van der Waals surface area contributed by atoms with E-state index in [1.54, 1.807) is 25.7 Å². The average Bonchev–Trinajstić information content (AvgIpc) is 3.06. The Morgan fingerprint density at radius 2 is 2.00 bits per heavy atom. The number of carbonyl (C=O) groups excluding carboxylic acids is 1. The van der Waals surface area contributed by atoms with Gasteiger partial charge in [-0.1, -0.05) is 0 Å². The first-order chi connectivity index (χ1) is 8.78. The quantitative estimate of drug-likeness (QED) is 0.721. The molecule has 3 aliphatic heterocycles. The second-order valence-corrected chi connectivity index (χ2v) is 6.63. The van der Waals surface area contributed by atoms with E-state index in [1.807, 2.05) is 0 Å². The number of hydrogen-bond donors (Lipinski definition) is 1.